The molecule has 1 saturated heterocycles. The molecule has 0 aromatic heterocycles. The maximum absolute atomic E-state index is 13.4. The molecule has 0 radical (unpaired) electrons. The minimum Gasteiger partial charge on any atom is -0.497 e. The minimum absolute atomic E-state index is 0.147. The summed E-state index contributed by atoms with van der Waals surface area (Å²) in [7, 11) is 1.52. The molecular formula is C26H25N3O4. The Balaban J connectivity index is 1.62. The minimum atomic E-state index is -0.922. The normalized spacial score (nSPS) is 15.6. The molecule has 1 aliphatic heterocycles. The molecule has 33 heavy (non-hydrogen) atoms. The maximum Gasteiger partial charge on any atom is 0.332 e. The molecule has 4 amide bonds. The van der Waals surface area contributed by atoms with E-state index in [0.717, 1.165) is 16.0 Å². The van der Waals surface area contributed by atoms with Gasteiger partial charge >= 0.3 is 6.03 Å². The number of methoxy groups -OCH3 is 1. The van der Waals surface area contributed by atoms with E-state index in [1.165, 1.54) is 12.0 Å². The summed E-state index contributed by atoms with van der Waals surface area (Å²) in [6.45, 7) is 2.20. The van der Waals surface area contributed by atoms with Gasteiger partial charge in [0.15, 0.2) is 0 Å². The van der Waals surface area contributed by atoms with Crippen molar-refractivity contribution in [2.75, 3.05) is 17.3 Å². The zero-order valence-electron chi connectivity index (χ0n) is 18.5. The van der Waals surface area contributed by atoms with Crippen LogP contribution in [0.5, 0.6) is 5.75 Å². The van der Waals surface area contributed by atoms with Crippen molar-refractivity contribution >= 4 is 29.2 Å². The Hall–Kier alpha value is -4.13. The average Bonchev–Trinajstić information content (AvgIpc) is 3.05. The summed E-state index contributed by atoms with van der Waals surface area (Å²) in [4.78, 5) is 42.1. The average molecular weight is 444 g/mol. The number of urea groups is 1. The molecule has 7 nitrogen and oxygen atoms in total. The number of benzene rings is 3. The SMILES string of the molecule is COc1cccc(N2C(=O)[C@H](CC(=O)Nc3ccccc3)N(Cc3ccc(C)cc3)C2=O)c1. The van der Waals surface area contributed by atoms with Crippen LogP contribution in [0.15, 0.2) is 78.9 Å². The molecule has 0 aliphatic carbocycles. The smallest absolute Gasteiger partial charge is 0.332 e. The number of nitrogens with one attached hydrogen (secondary N) is 1. The van der Waals surface area contributed by atoms with E-state index in [9.17, 15) is 14.4 Å². The number of hydrogen-bond donors (Lipinski definition) is 1. The first kappa shape index (κ1) is 22.1. The van der Waals surface area contributed by atoms with Crippen LogP contribution in [0.3, 0.4) is 0 Å². The molecule has 7 heteroatoms. The van der Waals surface area contributed by atoms with Crippen LogP contribution in [0, 0.1) is 6.92 Å². The molecule has 1 N–H and O–H groups in total. The summed E-state index contributed by atoms with van der Waals surface area (Å²) in [6, 6.07) is 22.1. The quantitative estimate of drug-likeness (QED) is 0.550. The second-order valence-electron chi connectivity index (χ2n) is 7.91. The van der Waals surface area contributed by atoms with Crippen molar-refractivity contribution in [3.63, 3.8) is 0 Å². The third-order valence-electron chi connectivity index (χ3n) is 5.54. The first-order chi connectivity index (χ1) is 16.0. The number of para-hydroxylation sites is 1. The van der Waals surface area contributed by atoms with Gasteiger partial charge in [-0.25, -0.2) is 9.69 Å². The molecule has 0 spiro atoms. The Morgan fingerprint density at radius 3 is 2.39 bits per heavy atom. The van der Waals surface area contributed by atoms with Gasteiger partial charge in [0.05, 0.1) is 19.2 Å². The number of imide groups is 1. The molecule has 1 fully saturated rings. The van der Waals surface area contributed by atoms with Crippen LogP contribution in [-0.4, -0.2) is 35.9 Å². The highest BCUT2D eigenvalue weighted by atomic mass is 16.5. The van der Waals surface area contributed by atoms with Crippen LogP contribution in [0.4, 0.5) is 16.2 Å². The van der Waals surface area contributed by atoms with Gasteiger partial charge in [-0.3, -0.25) is 9.59 Å². The lowest BCUT2D eigenvalue weighted by atomic mass is 10.1. The van der Waals surface area contributed by atoms with E-state index in [1.54, 1.807) is 36.4 Å². The Kier molecular flexibility index (Phi) is 6.40. The van der Waals surface area contributed by atoms with Gasteiger partial charge in [0, 0.05) is 18.3 Å². The van der Waals surface area contributed by atoms with Crippen molar-refractivity contribution < 1.29 is 19.1 Å². The van der Waals surface area contributed by atoms with Gasteiger partial charge < -0.3 is 15.0 Å². The predicted octanol–water partition coefficient (Wildman–Crippen LogP) is 4.37. The van der Waals surface area contributed by atoms with Gasteiger partial charge in [-0.1, -0.05) is 54.1 Å². The number of carbonyl (C=O) groups is 3. The van der Waals surface area contributed by atoms with E-state index in [1.807, 2.05) is 49.4 Å². The van der Waals surface area contributed by atoms with Crippen LogP contribution in [0.25, 0.3) is 0 Å². The van der Waals surface area contributed by atoms with Gasteiger partial charge in [0.1, 0.15) is 11.8 Å². The third-order valence-corrected chi connectivity index (χ3v) is 5.54. The van der Waals surface area contributed by atoms with Crippen molar-refractivity contribution in [3.8, 4) is 5.75 Å². The lowest BCUT2D eigenvalue weighted by Gasteiger charge is -2.22. The van der Waals surface area contributed by atoms with E-state index in [2.05, 4.69) is 5.32 Å². The summed E-state index contributed by atoms with van der Waals surface area (Å²) < 4.78 is 5.25. The first-order valence-corrected chi connectivity index (χ1v) is 10.7. The van der Waals surface area contributed by atoms with E-state index in [4.69, 9.17) is 4.74 Å². The van der Waals surface area contributed by atoms with E-state index in [0.29, 0.717) is 17.1 Å². The van der Waals surface area contributed by atoms with Gasteiger partial charge in [-0.05, 0) is 36.8 Å². The molecule has 168 valence electrons. The number of hydrogen-bond acceptors (Lipinski definition) is 4. The monoisotopic (exact) mass is 443 g/mol. The van der Waals surface area contributed by atoms with Crippen molar-refractivity contribution in [2.45, 2.75) is 25.9 Å². The molecule has 4 rings (SSSR count). The largest absolute Gasteiger partial charge is 0.497 e. The molecule has 0 saturated carbocycles. The van der Waals surface area contributed by atoms with E-state index >= 15 is 0 Å². The van der Waals surface area contributed by atoms with Crippen LogP contribution >= 0.6 is 0 Å². The topological polar surface area (TPSA) is 79.0 Å². The van der Waals surface area contributed by atoms with Crippen molar-refractivity contribution in [2.24, 2.45) is 0 Å². The highest BCUT2D eigenvalue weighted by molar-refractivity contribution is 6.22. The number of rotatable bonds is 7. The van der Waals surface area contributed by atoms with Crippen LogP contribution < -0.4 is 15.0 Å². The van der Waals surface area contributed by atoms with Crippen molar-refractivity contribution in [3.05, 3.63) is 90.0 Å². The lowest BCUT2D eigenvalue weighted by molar-refractivity contribution is -0.124. The molecule has 1 heterocycles. The number of amides is 4. The molecule has 3 aromatic carbocycles. The number of carbonyl (C=O) groups excluding carboxylic acids is 3. The highest BCUT2D eigenvalue weighted by Gasteiger charge is 2.46. The molecule has 1 atom stereocenters. The lowest BCUT2D eigenvalue weighted by Crippen LogP contribution is -2.37. The van der Waals surface area contributed by atoms with E-state index < -0.39 is 18.0 Å². The zero-order chi connectivity index (χ0) is 23.4. The van der Waals surface area contributed by atoms with Crippen LogP contribution in [-0.2, 0) is 16.1 Å². The molecule has 3 aromatic rings. The molecular weight excluding hydrogens is 418 g/mol. The second kappa shape index (κ2) is 9.56. The Bertz CT molecular complexity index is 1160. The summed E-state index contributed by atoms with van der Waals surface area (Å²) in [5.74, 6) is -0.249. The summed E-state index contributed by atoms with van der Waals surface area (Å²) >= 11 is 0. The van der Waals surface area contributed by atoms with Crippen molar-refractivity contribution in [1.82, 2.24) is 4.90 Å². The molecule has 0 unspecified atom stereocenters. The van der Waals surface area contributed by atoms with Gasteiger partial charge in [0.2, 0.25) is 5.91 Å². The number of anilines is 2. The highest BCUT2D eigenvalue weighted by Crippen LogP contribution is 2.30. The standard InChI is InChI=1S/C26H25N3O4/c1-18-11-13-19(14-12-18)17-28-23(16-24(30)27-20-7-4-3-5-8-20)25(31)29(26(28)32)21-9-6-10-22(15-21)33-2/h3-15,23H,16-17H2,1-2H3,(H,27,30)/t23-/m0/s1. The maximum atomic E-state index is 13.4. The Morgan fingerprint density at radius 2 is 1.70 bits per heavy atom. The fraction of sp³-hybridized carbons (Fsp3) is 0.192. The zero-order valence-corrected chi connectivity index (χ0v) is 18.5. The van der Waals surface area contributed by atoms with Gasteiger partial charge in [-0.2, -0.15) is 0 Å². The number of ether oxygens (including phenoxy) is 1. The molecule has 0 bridgehead atoms. The Morgan fingerprint density at radius 1 is 0.970 bits per heavy atom. The fourth-order valence-corrected chi connectivity index (χ4v) is 3.80. The fourth-order valence-electron chi connectivity index (χ4n) is 3.80. The number of nitrogens with zero attached hydrogens (tertiary/aromatic N) is 2. The Labute approximate surface area is 192 Å². The molecule has 1 aliphatic rings. The van der Waals surface area contributed by atoms with Gasteiger partial charge in [-0.15, -0.1) is 0 Å². The summed E-state index contributed by atoms with van der Waals surface area (Å²) in [5, 5.41) is 2.80. The van der Waals surface area contributed by atoms with E-state index in [-0.39, 0.29) is 18.9 Å². The predicted molar refractivity (Wildman–Crippen MR) is 126 cm³/mol. The summed E-state index contributed by atoms with van der Waals surface area (Å²) in [5.41, 5.74) is 3.01. The summed E-state index contributed by atoms with van der Waals surface area (Å²) in [6.07, 6.45) is -0.147. The van der Waals surface area contributed by atoms with Gasteiger partial charge in [0.25, 0.3) is 5.91 Å². The first-order valence-electron chi connectivity index (χ1n) is 10.7. The second-order valence-corrected chi connectivity index (χ2v) is 7.91. The number of aryl methyl sites for hydroxylation is 1. The third kappa shape index (κ3) is 4.87. The van der Waals surface area contributed by atoms with Crippen molar-refractivity contribution in [1.29, 1.82) is 0 Å². The van der Waals surface area contributed by atoms with Crippen LogP contribution in [0.1, 0.15) is 17.5 Å². The van der Waals surface area contributed by atoms with Crippen LogP contribution in [0.2, 0.25) is 0 Å².